The number of carboxylic acid groups (broad SMARTS) is 1. The van der Waals surface area contributed by atoms with Crippen molar-refractivity contribution < 1.29 is 24.2 Å². The Morgan fingerprint density at radius 3 is 2.46 bits per heavy atom. The number of amides is 1. The quantitative estimate of drug-likeness (QED) is 0.668. The molecule has 0 aromatic heterocycles. The minimum atomic E-state index is -1.41. The zero-order chi connectivity index (χ0) is 19.1. The van der Waals surface area contributed by atoms with E-state index in [0.29, 0.717) is 12.1 Å². The van der Waals surface area contributed by atoms with Crippen LogP contribution in [0.3, 0.4) is 0 Å². The molecule has 1 fully saturated rings. The number of aliphatic carboxylic acids is 1. The Bertz CT molecular complexity index is 767. The van der Waals surface area contributed by atoms with Gasteiger partial charge in [-0.05, 0) is 35.7 Å². The summed E-state index contributed by atoms with van der Waals surface area (Å²) in [5.41, 5.74) is 2.04. The number of rotatable bonds is 3. The molecule has 0 aliphatic carbocycles. The van der Waals surface area contributed by atoms with Gasteiger partial charge in [0.25, 0.3) is 0 Å². The van der Waals surface area contributed by atoms with E-state index < -0.39 is 12.1 Å². The summed E-state index contributed by atoms with van der Waals surface area (Å²) >= 11 is 0. The van der Waals surface area contributed by atoms with Gasteiger partial charge < -0.3 is 20.8 Å². The summed E-state index contributed by atoms with van der Waals surface area (Å²) in [4.78, 5) is 21.8. The first-order valence-corrected chi connectivity index (χ1v) is 8.13. The van der Waals surface area contributed by atoms with Crippen LogP contribution in [0.25, 0.3) is 0 Å². The number of hydrogen-bond acceptors (Lipinski definition) is 4. The molecule has 0 radical (unpaired) electrons. The Labute approximate surface area is 150 Å². The second kappa shape index (κ2) is 9.07. The first-order chi connectivity index (χ1) is 12.4. The van der Waals surface area contributed by atoms with Crippen LogP contribution >= 0.6 is 0 Å². The molecule has 1 saturated heterocycles. The fourth-order valence-electron chi connectivity index (χ4n) is 2.59. The van der Waals surface area contributed by atoms with Gasteiger partial charge in [0.15, 0.2) is 6.10 Å². The normalized spacial score (nSPS) is 17.5. The predicted molar refractivity (Wildman–Crippen MR) is 93.9 cm³/mol. The van der Waals surface area contributed by atoms with Gasteiger partial charge in [-0.3, -0.25) is 4.79 Å². The number of carbonyl (C=O) groups is 2. The molecule has 1 amide bonds. The molecule has 2 aromatic carbocycles. The summed E-state index contributed by atoms with van der Waals surface area (Å²) in [5, 5.41) is 23.3. The maximum Gasteiger partial charge on any atom is 0.337 e. The fourth-order valence-corrected chi connectivity index (χ4v) is 2.59. The summed E-state index contributed by atoms with van der Waals surface area (Å²) in [5.74, 6) is -1.54. The molecule has 1 heterocycles. The Morgan fingerprint density at radius 2 is 1.88 bits per heavy atom. The van der Waals surface area contributed by atoms with Crippen molar-refractivity contribution >= 4 is 11.9 Å². The van der Waals surface area contributed by atoms with Crippen LogP contribution in [0.4, 0.5) is 4.39 Å². The third-order valence-electron chi connectivity index (χ3n) is 3.93. The van der Waals surface area contributed by atoms with E-state index in [0.717, 1.165) is 17.7 Å². The van der Waals surface area contributed by atoms with E-state index in [1.165, 1.54) is 12.1 Å². The lowest BCUT2D eigenvalue weighted by Gasteiger charge is -2.24. The van der Waals surface area contributed by atoms with Crippen molar-refractivity contribution in [3.05, 3.63) is 71.0 Å². The van der Waals surface area contributed by atoms with Gasteiger partial charge in [-0.1, -0.05) is 36.4 Å². The Morgan fingerprint density at radius 1 is 1.19 bits per heavy atom. The molecular weight excluding hydrogens is 339 g/mol. The van der Waals surface area contributed by atoms with Gasteiger partial charge in [-0.2, -0.15) is 0 Å². The third kappa shape index (κ3) is 5.11. The summed E-state index contributed by atoms with van der Waals surface area (Å²) in [6.45, 7) is 3.20. The highest BCUT2D eigenvalue weighted by molar-refractivity contribution is 5.84. The van der Waals surface area contributed by atoms with Crippen molar-refractivity contribution in [3.63, 3.8) is 0 Å². The second-order valence-corrected chi connectivity index (χ2v) is 5.83. The molecule has 0 spiro atoms. The number of hydrogen-bond donors (Lipinski definition) is 4. The van der Waals surface area contributed by atoms with E-state index >= 15 is 0 Å². The summed E-state index contributed by atoms with van der Waals surface area (Å²) < 4.78 is 12.9. The monoisotopic (exact) mass is 360 g/mol. The van der Waals surface area contributed by atoms with E-state index in [2.05, 4.69) is 10.6 Å². The zero-order valence-corrected chi connectivity index (χ0v) is 14.3. The number of halogens is 1. The maximum atomic E-state index is 12.9. The maximum absolute atomic E-state index is 12.9. The first kappa shape index (κ1) is 19.6. The van der Waals surface area contributed by atoms with Crippen molar-refractivity contribution in [1.82, 2.24) is 10.6 Å². The number of aryl methyl sites for hydroxylation is 1. The lowest BCUT2D eigenvalue weighted by molar-refractivity contribution is -0.147. The Hall–Kier alpha value is -2.77. The van der Waals surface area contributed by atoms with E-state index in [4.69, 9.17) is 10.2 Å². The number of piperazine rings is 1. The minimum absolute atomic E-state index is 0.0454. The number of carboxylic acids is 1. The van der Waals surface area contributed by atoms with E-state index in [1.807, 2.05) is 6.92 Å². The molecule has 4 N–H and O–H groups in total. The Kier molecular flexibility index (Phi) is 6.82. The van der Waals surface area contributed by atoms with Crippen molar-refractivity contribution in [2.75, 3.05) is 13.1 Å². The molecule has 3 rings (SSSR count). The third-order valence-corrected chi connectivity index (χ3v) is 3.93. The zero-order valence-electron chi connectivity index (χ0n) is 14.3. The fraction of sp³-hybridized carbons (Fsp3) is 0.263. The van der Waals surface area contributed by atoms with Crippen LogP contribution in [0.2, 0.25) is 0 Å². The molecule has 2 atom stereocenters. The van der Waals surface area contributed by atoms with Crippen LogP contribution in [0.1, 0.15) is 28.8 Å². The molecule has 6 nitrogen and oxygen atoms in total. The molecule has 2 unspecified atom stereocenters. The predicted octanol–water partition coefficient (Wildman–Crippen LogP) is 1.70. The molecule has 138 valence electrons. The van der Waals surface area contributed by atoms with Gasteiger partial charge in [-0.15, -0.1) is 0 Å². The largest absolute Gasteiger partial charge is 0.479 e. The standard InChI is InChI=1S/C11H13FN2O.C8H8O3/c1-7-6-8(12)2-3-9(7)10-11(15)14-5-4-13-10;9-7(8(10)11)6-4-2-1-3-5-6/h2-3,6,10,13H,4-5H2,1H3,(H,14,15);1-5,7,9H,(H,10,11). The molecular formula is C19H21FN2O4. The molecule has 0 bridgehead atoms. The highest BCUT2D eigenvalue weighted by Gasteiger charge is 2.24. The van der Waals surface area contributed by atoms with Gasteiger partial charge in [0.05, 0.1) is 0 Å². The summed E-state index contributed by atoms with van der Waals surface area (Å²) in [6.07, 6.45) is -1.41. The lowest BCUT2D eigenvalue weighted by atomic mass is 9.99. The summed E-state index contributed by atoms with van der Waals surface area (Å²) in [6, 6.07) is 12.4. The molecule has 1 aliphatic heterocycles. The van der Waals surface area contributed by atoms with Crippen LogP contribution in [0.15, 0.2) is 48.5 Å². The highest BCUT2D eigenvalue weighted by atomic mass is 19.1. The number of nitrogens with one attached hydrogen (secondary N) is 2. The van der Waals surface area contributed by atoms with Crippen LogP contribution < -0.4 is 10.6 Å². The molecule has 7 heteroatoms. The van der Waals surface area contributed by atoms with E-state index in [1.54, 1.807) is 36.4 Å². The molecule has 1 aliphatic rings. The summed E-state index contributed by atoms with van der Waals surface area (Å²) in [7, 11) is 0. The van der Waals surface area contributed by atoms with Crippen LogP contribution in [-0.4, -0.2) is 35.2 Å². The molecule has 0 saturated carbocycles. The topological polar surface area (TPSA) is 98.7 Å². The molecule has 2 aromatic rings. The highest BCUT2D eigenvalue weighted by Crippen LogP contribution is 2.19. The molecule has 26 heavy (non-hydrogen) atoms. The van der Waals surface area contributed by atoms with Crippen molar-refractivity contribution in [1.29, 1.82) is 0 Å². The Balaban J connectivity index is 0.000000197. The van der Waals surface area contributed by atoms with Crippen molar-refractivity contribution in [2.24, 2.45) is 0 Å². The number of carbonyl (C=O) groups excluding carboxylic acids is 1. The minimum Gasteiger partial charge on any atom is -0.479 e. The van der Waals surface area contributed by atoms with Gasteiger partial charge >= 0.3 is 5.97 Å². The first-order valence-electron chi connectivity index (χ1n) is 8.13. The van der Waals surface area contributed by atoms with E-state index in [9.17, 15) is 14.0 Å². The van der Waals surface area contributed by atoms with E-state index in [-0.39, 0.29) is 17.8 Å². The van der Waals surface area contributed by atoms with Gasteiger partial charge in [-0.25, -0.2) is 9.18 Å². The van der Waals surface area contributed by atoms with Crippen LogP contribution in [0, 0.1) is 12.7 Å². The van der Waals surface area contributed by atoms with Gasteiger partial charge in [0, 0.05) is 13.1 Å². The average Bonchev–Trinajstić information content (AvgIpc) is 2.63. The number of benzene rings is 2. The van der Waals surface area contributed by atoms with Crippen molar-refractivity contribution in [2.45, 2.75) is 19.1 Å². The average molecular weight is 360 g/mol. The van der Waals surface area contributed by atoms with Crippen LogP contribution in [-0.2, 0) is 9.59 Å². The van der Waals surface area contributed by atoms with Crippen LogP contribution in [0.5, 0.6) is 0 Å². The van der Waals surface area contributed by atoms with Crippen molar-refractivity contribution in [3.8, 4) is 0 Å². The SMILES string of the molecule is Cc1cc(F)ccc1C1NCCNC1=O.O=C(O)C(O)c1ccccc1. The smallest absolute Gasteiger partial charge is 0.337 e. The lowest BCUT2D eigenvalue weighted by Crippen LogP contribution is -2.47. The van der Waals surface area contributed by atoms with Gasteiger partial charge in [0.1, 0.15) is 11.9 Å². The number of aliphatic hydroxyl groups excluding tert-OH is 1. The number of aliphatic hydroxyl groups is 1. The second-order valence-electron chi connectivity index (χ2n) is 5.83. The van der Waals surface area contributed by atoms with Gasteiger partial charge in [0.2, 0.25) is 5.91 Å².